The smallest absolute Gasteiger partial charge is 0.220 e. The molecule has 274 valence electrons. The first-order valence-electron chi connectivity index (χ1n) is 20.5. The maximum absolute atomic E-state index is 12.4. The lowest BCUT2D eigenvalue weighted by molar-refractivity contribution is -0.123. The Morgan fingerprint density at radius 2 is 0.826 bits per heavy atom. The molecule has 5 nitrogen and oxygen atoms in total. The van der Waals surface area contributed by atoms with Crippen LogP contribution in [0.1, 0.15) is 219 Å². The summed E-state index contributed by atoms with van der Waals surface area (Å²) < 4.78 is 0. The van der Waals surface area contributed by atoms with Gasteiger partial charge in [-0.3, -0.25) is 4.79 Å². The minimum absolute atomic E-state index is 0.125. The van der Waals surface area contributed by atoms with Gasteiger partial charge in [0.2, 0.25) is 5.91 Å². The van der Waals surface area contributed by atoms with Gasteiger partial charge in [-0.25, -0.2) is 0 Å². The fourth-order valence-electron chi connectivity index (χ4n) is 6.37. The molecule has 0 aliphatic carbocycles. The van der Waals surface area contributed by atoms with Crippen LogP contribution in [0.4, 0.5) is 0 Å². The Labute approximate surface area is 287 Å². The topological polar surface area (TPSA) is 89.8 Å². The van der Waals surface area contributed by atoms with Crippen LogP contribution in [0.15, 0.2) is 12.2 Å². The largest absolute Gasteiger partial charge is 0.394 e. The van der Waals surface area contributed by atoms with Gasteiger partial charge in [-0.15, -0.1) is 0 Å². The molecule has 0 aromatic carbocycles. The van der Waals surface area contributed by atoms with Crippen molar-refractivity contribution in [2.45, 2.75) is 238 Å². The number of hydrogen-bond donors (Lipinski definition) is 4. The number of nitrogens with one attached hydrogen (secondary N) is 1. The van der Waals surface area contributed by atoms with E-state index in [0.717, 1.165) is 32.1 Å². The van der Waals surface area contributed by atoms with E-state index in [9.17, 15) is 20.1 Å². The first-order valence-corrected chi connectivity index (χ1v) is 20.5. The lowest BCUT2D eigenvalue weighted by Crippen LogP contribution is -2.45. The van der Waals surface area contributed by atoms with Crippen LogP contribution in [0.3, 0.4) is 0 Å². The van der Waals surface area contributed by atoms with Gasteiger partial charge in [0.1, 0.15) is 0 Å². The van der Waals surface area contributed by atoms with E-state index in [1.54, 1.807) is 6.08 Å². The van der Waals surface area contributed by atoms with E-state index in [2.05, 4.69) is 19.2 Å². The molecule has 3 atom stereocenters. The van der Waals surface area contributed by atoms with Crippen molar-refractivity contribution in [3.8, 4) is 0 Å². The zero-order chi connectivity index (χ0) is 33.8. The van der Waals surface area contributed by atoms with Gasteiger partial charge in [0.05, 0.1) is 24.9 Å². The Kier molecular flexibility index (Phi) is 36.2. The summed E-state index contributed by atoms with van der Waals surface area (Å²) in [5.74, 6) is -0.125. The zero-order valence-corrected chi connectivity index (χ0v) is 31.0. The molecule has 5 heteroatoms. The summed E-state index contributed by atoms with van der Waals surface area (Å²) in [6, 6.07) is -0.738. The van der Waals surface area contributed by atoms with Crippen molar-refractivity contribution in [3.05, 3.63) is 12.2 Å². The predicted molar refractivity (Wildman–Crippen MR) is 199 cm³/mol. The standard InChI is InChI=1S/C41H81NO4/c1-3-5-7-9-11-13-15-16-17-18-19-20-21-22-23-24-26-28-30-32-34-41(46)42-39(37-43)40(45)36-35-38(44)33-31-29-27-25-14-12-10-8-6-4-2/h35-36,38-40,43-45H,3-34,37H2,1-2H3,(H,42,46). The average Bonchev–Trinajstić information content (AvgIpc) is 3.06. The first kappa shape index (κ1) is 45.1. The van der Waals surface area contributed by atoms with Crippen molar-refractivity contribution in [2.75, 3.05) is 6.61 Å². The van der Waals surface area contributed by atoms with E-state index in [1.165, 1.54) is 167 Å². The molecular weight excluding hydrogens is 570 g/mol. The van der Waals surface area contributed by atoms with Crippen molar-refractivity contribution in [3.63, 3.8) is 0 Å². The first-order chi connectivity index (χ1) is 22.5. The summed E-state index contributed by atoms with van der Waals surface area (Å²) in [5, 5.41) is 33.1. The number of aliphatic hydroxyl groups is 3. The number of carbonyl (C=O) groups is 1. The number of amides is 1. The Hall–Kier alpha value is -0.910. The molecule has 1 amide bonds. The highest BCUT2D eigenvalue weighted by Crippen LogP contribution is 2.16. The lowest BCUT2D eigenvalue weighted by Gasteiger charge is -2.20. The normalized spacial score (nSPS) is 13.8. The van der Waals surface area contributed by atoms with Gasteiger partial charge in [-0.1, -0.05) is 212 Å². The Morgan fingerprint density at radius 1 is 0.500 bits per heavy atom. The SMILES string of the molecule is CCCCCCCCCCCCCCCCCCCCCCC(=O)NC(CO)C(O)C=CC(O)CCCCCCCCCCCC. The second-order valence-corrected chi connectivity index (χ2v) is 14.2. The number of aliphatic hydroxyl groups excluding tert-OH is 3. The van der Waals surface area contributed by atoms with Crippen LogP contribution in [0, 0.1) is 0 Å². The second kappa shape index (κ2) is 36.9. The molecular formula is C41H81NO4. The quantitative estimate of drug-likeness (QED) is 0.0397. The molecule has 0 aromatic rings. The lowest BCUT2D eigenvalue weighted by atomic mass is 10.0. The highest BCUT2D eigenvalue weighted by atomic mass is 16.3. The minimum atomic E-state index is -1.01. The summed E-state index contributed by atoms with van der Waals surface area (Å²) in [7, 11) is 0. The van der Waals surface area contributed by atoms with Gasteiger partial charge < -0.3 is 20.6 Å². The Balaban J connectivity index is 3.63. The van der Waals surface area contributed by atoms with Crippen LogP contribution < -0.4 is 5.32 Å². The third-order valence-corrected chi connectivity index (χ3v) is 9.60. The molecule has 46 heavy (non-hydrogen) atoms. The highest BCUT2D eigenvalue weighted by Gasteiger charge is 2.18. The molecule has 0 rings (SSSR count). The molecule has 0 saturated carbocycles. The number of hydrogen-bond acceptors (Lipinski definition) is 4. The van der Waals surface area contributed by atoms with Crippen molar-refractivity contribution in [1.82, 2.24) is 5.32 Å². The van der Waals surface area contributed by atoms with Gasteiger partial charge >= 0.3 is 0 Å². The number of unbranched alkanes of at least 4 members (excludes halogenated alkanes) is 28. The van der Waals surface area contributed by atoms with Crippen LogP contribution in [0.5, 0.6) is 0 Å². The number of rotatable bonds is 37. The van der Waals surface area contributed by atoms with Crippen LogP contribution in [-0.2, 0) is 4.79 Å². The number of carbonyl (C=O) groups excluding carboxylic acids is 1. The zero-order valence-electron chi connectivity index (χ0n) is 31.0. The third-order valence-electron chi connectivity index (χ3n) is 9.60. The molecule has 0 heterocycles. The van der Waals surface area contributed by atoms with Crippen molar-refractivity contribution >= 4 is 5.91 Å². The molecule has 0 aromatic heterocycles. The molecule has 3 unspecified atom stereocenters. The van der Waals surface area contributed by atoms with Gasteiger partial charge in [0, 0.05) is 6.42 Å². The monoisotopic (exact) mass is 652 g/mol. The summed E-state index contributed by atoms with van der Waals surface area (Å²) in [4.78, 5) is 12.4. The Morgan fingerprint density at radius 3 is 1.17 bits per heavy atom. The van der Waals surface area contributed by atoms with Gasteiger partial charge in [0.25, 0.3) is 0 Å². The maximum atomic E-state index is 12.4. The van der Waals surface area contributed by atoms with Gasteiger partial charge in [0.15, 0.2) is 0 Å². The average molecular weight is 652 g/mol. The molecule has 0 radical (unpaired) electrons. The predicted octanol–water partition coefficient (Wildman–Crippen LogP) is 11.3. The molecule has 0 spiro atoms. The van der Waals surface area contributed by atoms with E-state index in [1.807, 2.05) is 0 Å². The Bertz CT molecular complexity index is 640. The van der Waals surface area contributed by atoms with E-state index in [0.29, 0.717) is 12.8 Å². The van der Waals surface area contributed by atoms with Crippen molar-refractivity contribution in [1.29, 1.82) is 0 Å². The van der Waals surface area contributed by atoms with Crippen molar-refractivity contribution in [2.24, 2.45) is 0 Å². The minimum Gasteiger partial charge on any atom is -0.394 e. The van der Waals surface area contributed by atoms with E-state index >= 15 is 0 Å². The van der Waals surface area contributed by atoms with E-state index in [4.69, 9.17) is 0 Å². The summed E-state index contributed by atoms with van der Waals surface area (Å²) in [6.45, 7) is 4.20. The summed E-state index contributed by atoms with van der Waals surface area (Å²) >= 11 is 0. The molecule has 0 fully saturated rings. The summed E-state index contributed by atoms with van der Waals surface area (Å²) in [6.07, 6.45) is 41.9. The van der Waals surface area contributed by atoms with Crippen molar-refractivity contribution < 1.29 is 20.1 Å². The highest BCUT2D eigenvalue weighted by molar-refractivity contribution is 5.76. The van der Waals surface area contributed by atoms with E-state index < -0.39 is 18.2 Å². The van der Waals surface area contributed by atoms with Crippen LogP contribution in [0.25, 0.3) is 0 Å². The van der Waals surface area contributed by atoms with Crippen LogP contribution >= 0.6 is 0 Å². The molecule has 0 saturated heterocycles. The molecule has 0 aliphatic rings. The van der Waals surface area contributed by atoms with Gasteiger partial charge in [-0.05, 0) is 12.8 Å². The maximum Gasteiger partial charge on any atom is 0.220 e. The van der Waals surface area contributed by atoms with Gasteiger partial charge in [-0.2, -0.15) is 0 Å². The fraction of sp³-hybridized carbons (Fsp3) is 0.927. The van der Waals surface area contributed by atoms with Crippen LogP contribution in [0.2, 0.25) is 0 Å². The van der Waals surface area contributed by atoms with Crippen LogP contribution in [-0.4, -0.2) is 46.1 Å². The molecule has 0 aliphatic heterocycles. The third kappa shape index (κ3) is 33.0. The molecule has 0 bridgehead atoms. The van der Waals surface area contributed by atoms with E-state index in [-0.39, 0.29) is 12.5 Å². The fourth-order valence-corrected chi connectivity index (χ4v) is 6.37. The second-order valence-electron chi connectivity index (χ2n) is 14.2. The molecule has 4 N–H and O–H groups in total. The summed E-state index contributed by atoms with van der Waals surface area (Å²) in [5.41, 5.74) is 0.